The Balaban J connectivity index is 1.36. The van der Waals surface area contributed by atoms with Crippen LogP contribution in [-0.2, 0) is 12.8 Å². The molecule has 2 N–H and O–H groups in total. The summed E-state index contributed by atoms with van der Waals surface area (Å²) in [5.74, 6) is -0.0697. The minimum Gasteiger partial charge on any atom is -0.350 e. The fourth-order valence-corrected chi connectivity index (χ4v) is 4.12. The SMILES string of the molecule is CC1(CNC(=O)c2ccn(C3CCCNC3)n2)Cc2ccccc2C1. The first-order valence-electron chi connectivity index (χ1n) is 9.24. The number of hydrogen-bond donors (Lipinski definition) is 2. The second-order valence-electron chi connectivity index (χ2n) is 7.80. The van der Waals surface area contributed by atoms with Crippen LogP contribution in [0.2, 0.25) is 0 Å². The van der Waals surface area contributed by atoms with E-state index in [1.165, 1.54) is 11.1 Å². The number of rotatable bonds is 4. The molecule has 132 valence electrons. The van der Waals surface area contributed by atoms with Gasteiger partial charge in [0.05, 0.1) is 6.04 Å². The van der Waals surface area contributed by atoms with E-state index in [1.807, 2.05) is 16.9 Å². The van der Waals surface area contributed by atoms with Gasteiger partial charge in [0, 0.05) is 19.3 Å². The fourth-order valence-electron chi connectivity index (χ4n) is 4.12. The van der Waals surface area contributed by atoms with Crippen molar-refractivity contribution in [1.29, 1.82) is 0 Å². The lowest BCUT2D eigenvalue weighted by Crippen LogP contribution is -2.36. The molecule has 4 rings (SSSR count). The molecule has 25 heavy (non-hydrogen) atoms. The molecule has 0 radical (unpaired) electrons. The average Bonchev–Trinajstić information content (AvgIpc) is 3.25. The van der Waals surface area contributed by atoms with E-state index >= 15 is 0 Å². The van der Waals surface area contributed by atoms with E-state index in [9.17, 15) is 4.79 Å². The van der Waals surface area contributed by atoms with Crippen molar-refractivity contribution in [3.8, 4) is 0 Å². The molecule has 0 bridgehead atoms. The second-order valence-corrected chi connectivity index (χ2v) is 7.80. The lowest BCUT2D eigenvalue weighted by Gasteiger charge is -2.24. The Hall–Kier alpha value is -2.14. The van der Waals surface area contributed by atoms with Crippen molar-refractivity contribution in [2.75, 3.05) is 19.6 Å². The predicted octanol–water partition coefficient (Wildman–Crippen LogP) is 2.34. The molecular weight excluding hydrogens is 312 g/mol. The standard InChI is InChI=1S/C20H26N4O/c1-20(11-15-5-2-3-6-16(15)12-20)14-22-19(25)18-8-10-24(23-18)17-7-4-9-21-13-17/h2-3,5-6,8,10,17,21H,4,7,9,11-14H2,1H3,(H,22,25). The summed E-state index contributed by atoms with van der Waals surface area (Å²) in [6, 6.07) is 10.8. The van der Waals surface area contributed by atoms with E-state index in [0.717, 1.165) is 38.8 Å². The molecule has 5 heteroatoms. The zero-order valence-electron chi connectivity index (χ0n) is 14.8. The number of carbonyl (C=O) groups is 1. The van der Waals surface area contributed by atoms with Crippen LogP contribution in [0.3, 0.4) is 0 Å². The van der Waals surface area contributed by atoms with Gasteiger partial charge in [0.1, 0.15) is 5.69 Å². The van der Waals surface area contributed by atoms with Crippen LogP contribution in [0.4, 0.5) is 0 Å². The number of hydrogen-bond acceptors (Lipinski definition) is 3. The van der Waals surface area contributed by atoms with E-state index in [-0.39, 0.29) is 11.3 Å². The van der Waals surface area contributed by atoms with Crippen molar-refractivity contribution in [3.63, 3.8) is 0 Å². The van der Waals surface area contributed by atoms with Crippen LogP contribution >= 0.6 is 0 Å². The Labute approximate surface area is 148 Å². The number of piperidine rings is 1. The van der Waals surface area contributed by atoms with Crippen molar-refractivity contribution >= 4 is 5.91 Å². The quantitative estimate of drug-likeness (QED) is 0.900. The van der Waals surface area contributed by atoms with Crippen molar-refractivity contribution in [3.05, 3.63) is 53.3 Å². The molecule has 1 aliphatic heterocycles. The highest BCUT2D eigenvalue weighted by Crippen LogP contribution is 2.35. The van der Waals surface area contributed by atoms with Gasteiger partial charge in [0.15, 0.2) is 0 Å². The number of nitrogens with one attached hydrogen (secondary N) is 2. The Bertz CT molecular complexity index is 736. The van der Waals surface area contributed by atoms with Crippen LogP contribution in [0.1, 0.15) is 47.4 Å². The van der Waals surface area contributed by atoms with Crippen LogP contribution in [0.5, 0.6) is 0 Å². The number of benzene rings is 1. The predicted molar refractivity (Wildman–Crippen MR) is 97.7 cm³/mol. The van der Waals surface area contributed by atoms with Gasteiger partial charge in [-0.2, -0.15) is 5.10 Å². The molecule has 1 aromatic carbocycles. The summed E-state index contributed by atoms with van der Waals surface area (Å²) < 4.78 is 1.94. The topological polar surface area (TPSA) is 59.0 Å². The maximum absolute atomic E-state index is 12.5. The van der Waals surface area contributed by atoms with Crippen molar-refractivity contribution in [2.45, 2.75) is 38.6 Å². The zero-order valence-corrected chi connectivity index (χ0v) is 14.8. The Morgan fingerprint density at radius 3 is 2.76 bits per heavy atom. The van der Waals surface area contributed by atoms with Gasteiger partial charge in [-0.05, 0) is 54.8 Å². The van der Waals surface area contributed by atoms with Gasteiger partial charge in [0.2, 0.25) is 0 Å². The van der Waals surface area contributed by atoms with Gasteiger partial charge in [-0.1, -0.05) is 31.2 Å². The van der Waals surface area contributed by atoms with Gasteiger partial charge < -0.3 is 10.6 Å². The van der Waals surface area contributed by atoms with Crippen LogP contribution in [0, 0.1) is 5.41 Å². The molecule has 5 nitrogen and oxygen atoms in total. The smallest absolute Gasteiger partial charge is 0.271 e. The van der Waals surface area contributed by atoms with Crippen molar-refractivity contribution < 1.29 is 4.79 Å². The molecule has 1 atom stereocenters. The number of amides is 1. The first-order valence-corrected chi connectivity index (χ1v) is 9.24. The van der Waals surface area contributed by atoms with Crippen LogP contribution < -0.4 is 10.6 Å². The summed E-state index contributed by atoms with van der Waals surface area (Å²) in [7, 11) is 0. The highest BCUT2D eigenvalue weighted by Gasteiger charge is 2.33. The molecule has 1 aliphatic carbocycles. The van der Waals surface area contributed by atoms with Crippen LogP contribution in [0.15, 0.2) is 36.5 Å². The number of nitrogens with zero attached hydrogens (tertiary/aromatic N) is 2. The monoisotopic (exact) mass is 338 g/mol. The highest BCUT2D eigenvalue weighted by atomic mass is 16.1. The molecule has 1 fully saturated rings. The molecule has 0 spiro atoms. The van der Waals surface area contributed by atoms with E-state index in [1.54, 1.807) is 0 Å². The summed E-state index contributed by atoms with van der Waals surface area (Å²) in [6.07, 6.45) is 6.24. The molecule has 1 aromatic heterocycles. The summed E-state index contributed by atoms with van der Waals surface area (Å²) in [4.78, 5) is 12.5. The van der Waals surface area contributed by atoms with E-state index < -0.39 is 0 Å². The zero-order chi connectivity index (χ0) is 17.3. The summed E-state index contributed by atoms with van der Waals surface area (Å²) in [6.45, 7) is 4.93. The maximum Gasteiger partial charge on any atom is 0.271 e. The lowest BCUT2D eigenvalue weighted by molar-refractivity contribution is 0.0928. The molecule has 2 aliphatic rings. The minimum absolute atomic E-state index is 0.0697. The summed E-state index contributed by atoms with van der Waals surface area (Å²) >= 11 is 0. The number of fused-ring (bicyclic) bond motifs is 1. The highest BCUT2D eigenvalue weighted by molar-refractivity contribution is 5.92. The first-order chi connectivity index (χ1) is 12.1. The third kappa shape index (κ3) is 3.47. The van der Waals surface area contributed by atoms with Crippen LogP contribution in [0.25, 0.3) is 0 Å². The van der Waals surface area contributed by atoms with Gasteiger partial charge in [-0.25, -0.2) is 0 Å². The maximum atomic E-state index is 12.5. The third-order valence-electron chi connectivity index (χ3n) is 5.51. The van der Waals surface area contributed by atoms with Crippen molar-refractivity contribution in [1.82, 2.24) is 20.4 Å². The van der Waals surface area contributed by atoms with E-state index in [0.29, 0.717) is 18.3 Å². The lowest BCUT2D eigenvalue weighted by atomic mass is 9.87. The second kappa shape index (κ2) is 6.64. The molecule has 1 saturated heterocycles. The summed E-state index contributed by atoms with van der Waals surface area (Å²) in [5.41, 5.74) is 3.43. The molecule has 1 amide bonds. The number of aromatic nitrogens is 2. The summed E-state index contributed by atoms with van der Waals surface area (Å²) in [5, 5.41) is 11.0. The van der Waals surface area contributed by atoms with Gasteiger partial charge in [-0.3, -0.25) is 9.48 Å². The van der Waals surface area contributed by atoms with Gasteiger partial charge in [0.25, 0.3) is 5.91 Å². The average molecular weight is 338 g/mol. The largest absolute Gasteiger partial charge is 0.350 e. The van der Waals surface area contributed by atoms with Crippen molar-refractivity contribution in [2.24, 2.45) is 5.41 Å². The molecule has 2 heterocycles. The third-order valence-corrected chi connectivity index (χ3v) is 5.51. The minimum atomic E-state index is -0.0697. The molecule has 2 aromatic rings. The van der Waals surface area contributed by atoms with E-state index in [4.69, 9.17) is 0 Å². The Morgan fingerprint density at radius 2 is 2.08 bits per heavy atom. The molecular formula is C20H26N4O. The normalized spacial score (nSPS) is 21.7. The van der Waals surface area contributed by atoms with E-state index in [2.05, 4.69) is 46.9 Å². The van der Waals surface area contributed by atoms with Crippen LogP contribution in [-0.4, -0.2) is 35.3 Å². The molecule has 0 saturated carbocycles. The Kier molecular flexibility index (Phi) is 4.34. The molecule has 1 unspecified atom stereocenters. The van der Waals surface area contributed by atoms with Gasteiger partial charge in [-0.15, -0.1) is 0 Å². The first kappa shape index (κ1) is 16.3. The number of carbonyl (C=O) groups excluding carboxylic acids is 1. The Morgan fingerprint density at radius 1 is 1.32 bits per heavy atom. The fraction of sp³-hybridized carbons (Fsp3) is 0.500. The van der Waals surface area contributed by atoms with Gasteiger partial charge >= 0.3 is 0 Å².